The van der Waals surface area contributed by atoms with Crippen molar-refractivity contribution in [3.05, 3.63) is 29.0 Å². The number of hydrogen-bond donors (Lipinski definition) is 1. The van der Waals surface area contributed by atoms with Gasteiger partial charge >= 0.3 is 5.97 Å². The van der Waals surface area contributed by atoms with Gasteiger partial charge in [0, 0.05) is 24.7 Å². The minimum atomic E-state index is -0.272. The maximum atomic E-state index is 11.8. The van der Waals surface area contributed by atoms with Gasteiger partial charge in [-0.2, -0.15) is 0 Å². The van der Waals surface area contributed by atoms with Crippen LogP contribution < -0.4 is 14.4 Å². The summed E-state index contributed by atoms with van der Waals surface area (Å²) in [6.45, 7) is 0.899. The van der Waals surface area contributed by atoms with E-state index in [1.54, 1.807) is 0 Å². The molecule has 0 radical (unpaired) electrons. The monoisotopic (exact) mass is 275 g/mol. The maximum absolute atomic E-state index is 11.8. The second-order valence-corrected chi connectivity index (χ2v) is 4.89. The number of aliphatic hydroxyl groups is 1. The Morgan fingerprint density at radius 1 is 1.20 bits per heavy atom. The summed E-state index contributed by atoms with van der Waals surface area (Å²) < 4.78 is 15.9. The first-order chi connectivity index (χ1) is 9.78. The molecule has 0 saturated carbocycles. The summed E-state index contributed by atoms with van der Waals surface area (Å²) in [5.74, 6) is 1.12. The molecule has 0 atom stereocenters. The lowest BCUT2D eigenvalue weighted by Crippen LogP contribution is -2.31. The second kappa shape index (κ2) is 4.14. The van der Waals surface area contributed by atoms with E-state index in [2.05, 4.69) is 0 Å². The molecule has 0 aromatic heterocycles. The van der Waals surface area contributed by atoms with E-state index in [0.29, 0.717) is 30.0 Å². The molecule has 1 N–H and O–H groups in total. The molecular formula is C14H13NO5. The van der Waals surface area contributed by atoms with Gasteiger partial charge in [0.25, 0.3) is 0 Å². The number of anilines is 1. The van der Waals surface area contributed by atoms with E-state index in [9.17, 15) is 9.90 Å². The molecule has 4 rings (SSSR count). The van der Waals surface area contributed by atoms with Crippen molar-refractivity contribution in [1.82, 2.24) is 0 Å². The lowest BCUT2D eigenvalue weighted by molar-refractivity contribution is -0.136. The third-order valence-corrected chi connectivity index (χ3v) is 3.82. The average Bonchev–Trinajstić information content (AvgIpc) is 3.04. The van der Waals surface area contributed by atoms with Gasteiger partial charge in [-0.1, -0.05) is 0 Å². The smallest absolute Gasteiger partial charge is 0.336 e. The number of carbonyl (C=O) groups is 1. The molecule has 6 heteroatoms. The van der Waals surface area contributed by atoms with E-state index in [1.165, 1.54) is 0 Å². The van der Waals surface area contributed by atoms with Gasteiger partial charge in [0.15, 0.2) is 11.5 Å². The summed E-state index contributed by atoms with van der Waals surface area (Å²) in [6, 6.07) is 3.80. The molecule has 0 bridgehead atoms. The maximum Gasteiger partial charge on any atom is 0.336 e. The molecule has 6 nitrogen and oxygen atoms in total. The number of cyclic esters (lactones) is 1. The zero-order chi connectivity index (χ0) is 13.7. The zero-order valence-electron chi connectivity index (χ0n) is 10.7. The number of benzene rings is 1. The first-order valence-electron chi connectivity index (χ1n) is 6.48. The fraction of sp³-hybridized carbons (Fsp3) is 0.357. The number of esters is 1. The van der Waals surface area contributed by atoms with Crippen molar-refractivity contribution in [3.8, 4) is 11.5 Å². The SMILES string of the molecule is O=C1OCC2=C1Cc1cc3c(cc1N2CCO)OCO3. The molecular weight excluding hydrogens is 262 g/mol. The first kappa shape index (κ1) is 11.6. The van der Waals surface area contributed by atoms with Crippen LogP contribution in [0.1, 0.15) is 5.56 Å². The quantitative estimate of drug-likeness (QED) is 0.796. The first-order valence-corrected chi connectivity index (χ1v) is 6.48. The van der Waals surface area contributed by atoms with Crippen molar-refractivity contribution in [2.45, 2.75) is 6.42 Å². The molecule has 0 aliphatic carbocycles. The molecule has 0 saturated heterocycles. The van der Waals surface area contributed by atoms with E-state index >= 15 is 0 Å². The average molecular weight is 275 g/mol. The fourth-order valence-electron chi connectivity index (χ4n) is 2.90. The van der Waals surface area contributed by atoms with Gasteiger partial charge in [-0.25, -0.2) is 4.79 Å². The number of nitrogens with zero attached hydrogens (tertiary/aromatic N) is 1. The van der Waals surface area contributed by atoms with Crippen LogP contribution in [-0.4, -0.2) is 37.6 Å². The predicted octanol–water partition coefficient (Wildman–Crippen LogP) is 0.581. The number of rotatable bonds is 2. The van der Waals surface area contributed by atoms with Crippen LogP contribution in [0.4, 0.5) is 5.69 Å². The van der Waals surface area contributed by atoms with Crippen LogP contribution in [0.3, 0.4) is 0 Å². The largest absolute Gasteiger partial charge is 0.456 e. The number of fused-ring (bicyclic) bond motifs is 2. The molecule has 104 valence electrons. The van der Waals surface area contributed by atoms with Crippen molar-refractivity contribution in [2.24, 2.45) is 0 Å². The van der Waals surface area contributed by atoms with Crippen molar-refractivity contribution in [2.75, 3.05) is 31.5 Å². The third kappa shape index (κ3) is 1.51. The predicted molar refractivity (Wildman–Crippen MR) is 68.7 cm³/mol. The summed E-state index contributed by atoms with van der Waals surface area (Å²) in [4.78, 5) is 13.7. The highest BCUT2D eigenvalue weighted by atomic mass is 16.7. The molecule has 0 fully saturated rings. The number of ether oxygens (including phenoxy) is 3. The number of hydrogen-bond acceptors (Lipinski definition) is 6. The van der Waals surface area contributed by atoms with Crippen LogP contribution in [-0.2, 0) is 16.0 Å². The standard InChI is InChI=1S/C14H13NO5/c16-2-1-15-10-5-13-12(19-7-20-13)4-8(10)3-9-11(15)6-18-14(9)17/h4-5,16H,1-3,6-7H2. The Morgan fingerprint density at radius 2 is 2.00 bits per heavy atom. The van der Waals surface area contributed by atoms with E-state index in [4.69, 9.17) is 14.2 Å². The highest BCUT2D eigenvalue weighted by Gasteiger charge is 2.35. The Labute approximate surface area is 115 Å². The van der Waals surface area contributed by atoms with Crippen molar-refractivity contribution in [3.63, 3.8) is 0 Å². The van der Waals surface area contributed by atoms with E-state index in [-0.39, 0.29) is 26.0 Å². The van der Waals surface area contributed by atoms with Crippen molar-refractivity contribution in [1.29, 1.82) is 0 Å². The summed E-state index contributed by atoms with van der Waals surface area (Å²) in [6.07, 6.45) is 0.530. The molecule has 0 amide bonds. The minimum absolute atomic E-state index is 0.00114. The lowest BCUT2D eigenvalue weighted by Gasteiger charge is -2.31. The molecule has 20 heavy (non-hydrogen) atoms. The van der Waals surface area contributed by atoms with Crippen LogP contribution in [0.5, 0.6) is 11.5 Å². The van der Waals surface area contributed by atoms with Crippen molar-refractivity contribution < 1.29 is 24.1 Å². The van der Waals surface area contributed by atoms with Gasteiger partial charge in [-0.15, -0.1) is 0 Å². The molecule has 3 aliphatic rings. The highest BCUT2D eigenvalue weighted by molar-refractivity contribution is 5.95. The van der Waals surface area contributed by atoms with Gasteiger partial charge in [0.2, 0.25) is 6.79 Å². The Bertz CT molecular complexity index is 637. The minimum Gasteiger partial charge on any atom is -0.456 e. The second-order valence-electron chi connectivity index (χ2n) is 4.89. The van der Waals surface area contributed by atoms with Crippen LogP contribution in [0.2, 0.25) is 0 Å². The topological polar surface area (TPSA) is 68.2 Å². The van der Waals surface area contributed by atoms with Crippen LogP contribution >= 0.6 is 0 Å². The highest BCUT2D eigenvalue weighted by Crippen LogP contribution is 2.43. The van der Waals surface area contributed by atoms with Crippen molar-refractivity contribution >= 4 is 11.7 Å². The van der Waals surface area contributed by atoms with E-state index < -0.39 is 0 Å². The van der Waals surface area contributed by atoms with E-state index in [1.807, 2.05) is 17.0 Å². The fourth-order valence-corrected chi connectivity index (χ4v) is 2.90. The van der Waals surface area contributed by atoms with Gasteiger partial charge in [-0.3, -0.25) is 0 Å². The summed E-state index contributed by atoms with van der Waals surface area (Å²) in [5, 5.41) is 9.28. The number of β-amino-alcohol motifs (C(OH)–C–C–N with tert-alkyl or cyclic N) is 1. The molecule has 3 aliphatic heterocycles. The summed E-state index contributed by atoms with van der Waals surface area (Å²) >= 11 is 0. The normalized spacial score (nSPS) is 19.1. The molecule has 1 aromatic rings. The Balaban J connectivity index is 1.84. The van der Waals surface area contributed by atoms with Gasteiger partial charge < -0.3 is 24.2 Å². The molecule has 0 spiro atoms. The molecule has 1 aromatic carbocycles. The van der Waals surface area contributed by atoms with E-state index in [0.717, 1.165) is 16.9 Å². The third-order valence-electron chi connectivity index (χ3n) is 3.82. The van der Waals surface area contributed by atoms with Gasteiger partial charge in [0.1, 0.15) is 6.61 Å². The number of carbonyl (C=O) groups excluding carboxylic acids is 1. The molecule has 0 unspecified atom stereocenters. The Morgan fingerprint density at radius 3 is 2.80 bits per heavy atom. The summed E-state index contributed by atoms with van der Waals surface area (Å²) in [7, 11) is 0. The number of aliphatic hydroxyl groups excluding tert-OH is 1. The Kier molecular flexibility index (Phi) is 2.40. The lowest BCUT2D eigenvalue weighted by atomic mass is 9.96. The molecule has 3 heterocycles. The van der Waals surface area contributed by atoms with Gasteiger partial charge in [0.05, 0.1) is 17.9 Å². The summed E-state index contributed by atoms with van der Waals surface area (Å²) in [5.41, 5.74) is 3.45. The Hall–Kier alpha value is -2.21. The van der Waals surface area contributed by atoms with Gasteiger partial charge in [-0.05, 0) is 11.6 Å². The van der Waals surface area contributed by atoms with Crippen LogP contribution in [0.15, 0.2) is 23.4 Å². The van der Waals surface area contributed by atoms with Crippen LogP contribution in [0.25, 0.3) is 0 Å². The zero-order valence-corrected chi connectivity index (χ0v) is 10.7. The van der Waals surface area contributed by atoms with Crippen LogP contribution in [0, 0.1) is 0 Å².